The number of hydroxylamine groups is 1. The number of amidine groups is 1. The molecule has 2 aromatic rings. The summed E-state index contributed by atoms with van der Waals surface area (Å²) in [7, 11) is -2.42. The highest BCUT2D eigenvalue weighted by molar-refractivity contribution is 7.86. The number of hydrogen-bond acceptors (Lipinski definition) is 7. The Labute approximate surface area is 153 Å². The van der Waals surface area contributed by atoms with E-state index in [-0.39, 0.29) is 35.2 Å². The van der Waals surface area contributed by atoms with Crippen molar-refractivity contribution >= 4 is 33.3 Å². The minimum atomic E-state index is -3.77. The first kappa shape index (κ1) is 20.2. The smallest absolute Gasteiger partial charge is 0.276 e. The minimum absolute atomic E-state index is 0.0938. The molecular weight excluding hydrogens is 391 g/mol. The van der Waals surface area contributed by atoms with Gasteiger partial charge in [-0.1, -0.05) is 16.8 Å². The summed E-state index contributed by atoms with van der Waals surface area (Å²) in [4.78, 5) is 4.08. The summed E-state index contributed by atoms with van der Waals surface area (Å²) < 4.78 is 41.2. The van der Waals surface area contributed by atoms with Crippen molar-refractivity contribution in [3.05, 3.63) is 40.4 Å². The van der Waals surface area contributed by atoms with E-state index < -0.39 is 16.0 Å². The SMILES string of the molecule is CN(CCCc1nonc1C(=Nc1ccc(F)c(Cl)c1)NO)S(N)(=O)=O. The van der Waals surface area contributed by atoms with Gasteiger partial charge in [0.05, 0.1) is 10.7 Å². The molecule has 2 rings (SSSR count). The lowest BCUT2D eigenvalue weighted by Gasteiger charge is -2.12. The molecule has 4 N–H and O–H groups in total. The lowest BCUT2D eigenvalue weighted by Crippen LogP contribution is -2.34. The molecule has 13 heteroatoms. The Balaban J connectivity index is 2.16. The average Bonchev–Trinajstić information content (AvgIpc) is 3.03. The van der Waals surface area contributed by atoms with Gasteiger partial charge in [-0.25, -0.2) is 19.2 Å². The van der Waals surface area contributed by atoms with Crippen molar-refractivity contribution < 1.29 is 22.6 Å². The molecule has 0 aliphatic rings. The number of aryl methyl sites for hydroxylation is 1. The van der Waals surface area contributed by atoms with E-state index >= 15 is 0 Å². The fourth-order valence-corrected chi connectivity index (χ4v) is 2.52. The van der Waals surface area contributed by atoms with Gasteiger partial charge >= 0.3 is 0 Å². The Morgan fingerprint density at radius 1 is 1.50 bits per heavy atom. The Morgan fingerprint density at radius 3 is 2.85 bits per heavy atom. The van der Waals surface area contributed by atoms with Crippen molar-refractivity contribution in [3.8, 4) is 0 Å². The second-order valence-corrected chi connectivity index (χ2v) is 7.26. The Hall–Kier alpha value is -2.12. The molecule has 0 amide bonds. The van der Waals surface area contributed by atoms with E-state index in [9.17, 15) is 18.0 Å². The monoisotopic (exact) mass is 406 g/mol. The fourth-order valence-electron chi connectivity index (χ4n) is 1.96. The van der Waals surface area contributed by atoms with E-state index in [1.165, 1.54) is 19.2 Å². The standard InChI is InChI=1S/C13H16ClFN6O4S/c1-21(26(16,23)24)6-2-3-11-12(20-25-19-11)13(18-22)17-8-4-5-10(15)9(14)7-8/h4-5,7,22H,2-3,6H2,1H3,(H,17,18)(H2,16,23,24). The highest BCUT2D eigenvalue weighted by Gasteiger charge is 2.18. The quantitative estimate of drug-likeness (QED) is 0.353. The average molecular weight is 407 g/mol. The van der Waals surface area contributed by atoms with Gasteiger partial charge in [-0.15, -0.1) is 0 Å². The maximum atomic E-state index is 13.2. The Kier molecular flexibility index (Phi) is 6.61. The minimum Gasteiger partial charge on any atom is -0.290 e. The number of aliphatic imine (C=N–C) groups is 1. The molecule has 0 spiro atoms. The van der Waals surface area contributed by atoms with Gasteiger partial charge in [0.1, 0.15) is 11.5 Å². The van der Waals surface area contributed by atoms with E-state index in [4.69, 9.17) is 16.7 Å². The summed E-state index contributed by atoms with van der Waals surface area (Å²) in [6, 6.07) is 3.75. The van der Waals surface area contributed by atoms with E-state index in [1.807, 2.05) is 5.48 Å². The lowest BCUT2D eigenvalue weighted by atomic mass is 10.2. The second kappa shape index (κ2) is 8.51. The van der Waals surface area contributed by atoms with Crippen LogP contribution in [0.4, 0.5) is 10.1 Å². The second-order valence-electron chi connectivity index (χ2n) is 5.20. The maximum Gasteiger partial charge on any atom is 0.276 e. The van der Waals surface area contributed by atoms with Crippen molar-refractivity contribution in [2.45, 2.75) is 12.8 Å². The first-order valence-corrected chi connectivity index (χ1v) is 9.10. The first-order chi connectivity index (χ1) is 12.2. The number of benzene rings is 1. The van der Waals surface area contributed by atoms with Gasteiger partial charge in [-0.05, 0) is 36.2 Å². The van der Waals surface area contributed by atoms with E-state index in [1.54, 1.807) is 0 Å². The van der Waals surface area contributed by atoms with Gasteiger partial charge in [0.2, 0.25) is 0 Å². The molecule has 0 saturated heterocycles. The van der Waals surface area contributed by atoms with Crippen LogP contribution < -0.4 is 10.6 Å². The molecule has 0 bridgehead atoms. The zero-order valence-corrected chi connectivity index (χ0v) is 15.1. The van der Waals surface area contributed by atoms with Gasteiger partial charge < -0.3 is 0 Å². The topological polar surface area (TPSA) is 147 Å². The van der Waals surface area contributed by atoms with Gasteiger partial charge in [-0.2, -0.15) is 12.7 Å². The third-order valence-electron chi connectivity index (χ3n) is 3.35. The van der Waals surface area contributed by atoms with Gasteiger partial charge in [-0.3, -0.25) is 10.7 Å². The number of aromatic nitrogens is 2. The molecule has 0 atom stereocenters. The molecule has 0 radical (unpaired) electrons. The zero-order valence-electron chi connectivity index (χ0n) is 13.6. The number of rotatable bonds is 7. The Morgan fingerprint density at radius 2 is 2.23 bits per heavy atom. The number of nitrogens with one attached hydrogen (secondary N) is 1. The molecule has 142 valence electrons. The van der Waals surface area contributed by atoms with Gasteiger partial charge in [0.15, 0.2) is 11.5 Å². The third kappa shape index (κ3) is 5.19. The molecular formula is C13H16ClFN6O4S. The molecule has 0 aliphatic heterocycles. The van der Waals surface area contributed by atoms with Crippen molar-refractivity contribution in [2.24, 2.45) is 10.1 Å². The van der Waals surface area contributed by atoms with Crippen LogP contribution in [0.25, 0.3) is 0 Å². The summed E-state index contributed by atoms with van der Waals surface area (Å²) in [6.45, 7) is 0.151. The summed E-state index contributed by atoms with van der Waals surface area (Å²) in [5.74, 6) is -0.699. The number of hydrogen-bond donors (Lipinski definition) is 3. The summed E-state index contributed by atoms with van der Waals surface area (Å²) >= 11 is 5.69. The first-order valence-electron chi connectivity index (χ1n) is 7.22. The predicted molar refractivity (Wildman–Crippen MR) is 90.9 cm³/mol. The van der Waals surface area contributed by atoms with E-state index in [0.29, 0.717) is 12.1 Å². The Bertz CT molecular complexity index is 904. The van der Waals surface area contributed by atoms with Crippen LogP contribution in [0.3, 0.4) is 0 Å². The molecule has 0 unspecified atom stereocenters. The van der Waals surface area contributed by atoms with Crippen LogP contribution in [-0.4, -0.2) is 47.7 Å². The van der Waals surface area contributed by atoms with Crippen LogP contribution in [0.15, 0.2) is 27.8 Å². The number of nitrogens with zero attached hydrogens (tertiary/aromatic N) is 4. The normalized spacial score (nSPS) is 12.6. The van der Waals surface area contributed by atoms with Crippen molar-refractivity contribution in [2.75, 3.05) is 13.6 Å². The maximum absolute atomic E-state index is 13.2. The van der Waals surface area contributed by atoms with Crippen LogP contribution in [0, 0.1) is 5.82 Å². The van der Waals surface area contributed by atoms with E-state index in [2.05, 4.69) is 19.9 Å². The molecule has 1 heterocycles. The van der Waals surface area contributed by atoms with E-state index in [0.717, 1.165) is 10.4 Å². The highest BCUT2D eigenvalue weighted by atomic mass is 35.5. The largest absolute Gasteiger partial charge is 0.290 e. The van der Waals surface area contributed by atoms with Crippen molar-refractivity contribution in [3.63, 3.8) is 0 Å². The third-order valence-corrected chi connectivity index (χ3v) is 4.69. The number of halogens is 2. The molecule has 10 nitrogen and oxygen atoms in total. The zero-order chi connectivity index (χ0) is 19.3. The molecule has 1 aromatic heterocycles. The van der Waals surface area contributed by atoms with Crippen LogP contribution >= 0.6 is 11.6 Å². The van der Waals surface area contributed by atoms with Crippen molar-refractivity contribution in [1.82, 2.24) is 20.1 Å². The summed E-state index contributed by atoms with van der Waals surface area (Å²) in [6.07, 6.45) is 0.652. The molecule has 26 heavy (non-hydrogen) atoms. The molecule has 0 aliphatic carbocycles. The highest BCUT2D eigenvalue weighted by Crippen LogP contribution is 2.22. The van der Waals surface area contributed by atoms with Crippen molar-refractivity contribution in [1.29, 1.82) is 0 Å². The fraction of sp³-hybridized carbons (Fsp3) is 0.308. The summed E-state index contributed by atoms with van der Waals surface area (Å²) in [5, 5.41) is 21.6. The molecule has 1 aromatic carbocycles. The van der Waals surface area contributed by atoms with Gasteiger partial charge in [0, 0.05) is 13.6 Å². The van der Waals surface area contributed by atoms with Gasteiger partial charge in [0.25, 0.3) is 10.2 Å². The number of nitrogens with two attached hydrogens (primary N) is 1. The predicted octanol–water partition coefficient (Wildman–Crippen LogP) is 0.987. The van der Waals surface area contributed by atoms with Crippen LogP contribution in [0.1, 0.15) is 17.8 Å². The van der Waals surface area contributed by atoms with Crippen LogP contribution in [-0.2, 0) is 16.6 Å². The molecule has 0 saturated carbocycles. The van der Waals surface area contributed by atoms with Crippen LogP contribution in [0.2, 0.25) is 5.02 Å². The van der Waals surface area contributed by atoms with Crippen LogP contribution in [0.5, 0.6) is 0 Å². The summed E-state index contributed by atoms with van der Waals surface area (Å²) in [5.41, 5.74) is 2.59. The molecule has 0 fully saturated rings. The lowest BCUT2D eigenvalue weighted by molar-refractivity contribution is 0.234.